The van der Waals surface area contributed by atoms with Crippen molar-refractivity contribution in [3.05, 3.63) is 24.3 Å². The number of urea groups is 1. The topological polar surface area (TPSA) is 42.1 Å². The van der Waals surface area contributed by atoms with Crippen molar-refractivity contribution < 1.29 is 4.79 Å². The third kappa shape index (κ3) is 5.46. The van der Waals surface area contributed by atoms with E-state index in [9.17, 15) is 4.79 Å². The molecule has 1 N–H and O–H groups in total. The van der Waals surface area contributed by atoms with E-state index in [-0.39, 0.29) is 6.03 Å². The quantitative estimate of drug-likeness (QED) is 0.802. The van der Waals surface area contributed by atoms with Crippen molar-refractivity contribution >= 4 is 17.4 Å². The van der Waals surface area contributed by atoms with Crippen LogP contribution in [0.15, 0.2) is 24.3 Å². The lowest BCUT2D eigenvalue weighted by atomic mass is 9.89. The maximum atomic E-state index is 12.7. The molecule has 0 bridgehead atoms. The van der Waals surface area contributed by atoms with E-state index in [0.29, 0.717) is 6.04 Å². The molecule has 4 rings (SSSR count). The Morgan fingerprint density at radius 3 is 2.30 bits per heavy atom. The molecule has 0 spiro atoms. The second kappa shape index (κ2) is 10.0. The first-order valence-electron chi connectivity index (χ1n) is 11.9. The molecule has 1 aromatic rings. The fourth-order valence-electron chi connectivity index (χ4n) is 5.22. The molecule has 3 aliphatic rings. The van der Waals surface area contributed by atoms with Crippen LogP contribution in [0.1, 0.15) is 38.5 Å². The van der Waals surface area contributed by atoms with Crippen molar-refractivity contribution in [2.45, 2.75) is 44.6 Å². The highest BCUT2D eigenvalue weighted by Crippen LogP contribution is 2.25. The third-order valence-electron chi connectivity index (χ3n) is 7.28. The zero-order valence-electron chi connectivity index (χ0n) is 18.9. The average molecular weight is 414 g/mol. The molecule has 1 atom stereocenters. The Morgan fingerprint density at radius 2 is 1.67 bits per heavy atom. The number of anilines is 2. The lowest BCUT2D eigenvalue weighted by Crippen LogP contribution is -2.51. The monoisotopic (exact) mass is 413 g/mol. The normalized spacial score (nSPS) is 23.9. The number of rotatable bonds is 5. The van der Waals surface area contributed by atoms with Gasteiger partial charge in [-0.3, -0.25) is 4.90 Å². The minimum absolute atomic E-state index is 0.0360. The summed E-state index contributed by atoms with van der Waals surface area (Å²) in [4.78, 5) is 22.0. The highest BCUT2D eigenvalue weighted by atomic mass is 16.2. The van der Waals surface area contributed by atoms with Gasteiger partial charge in [0.2, 0.25) is 0 Å². The summed E-state index contributed by atoms with van der Waals surface area (Å²) in [5.41, 5.74) is 2.13. The summed E-state index contributed by atoms with van der Waals surface area (Å²) in [6, 6.07) is 9.01. The standard InChI is InChI=1S/C24H39N5O/c1-26(2)23-12-13-29(19-23)22-10-8-21(9-11-22)25-24(30)28-16-14-27(15-17-28)18-20-6-4-3-5-7-20/h8-11,20,23H,3-7,12-19H2,1-2H3,(H,25,30)/t23-/m1/s1. The van der Waals surface area contributed by atoms with E-state index in [1.54, 1.807) is 0 Å². The second-order valence-electron chi connectivity index (χ2n) is 9.62. The van der Waals surface area contributed by atoms with Gasteiger partial charge in [0.1, 0.15) is 0 Å². The van der Waals surface area contributed by atoms with Gasteiger partial charge in [0, 0.05) is 63.2 Å². The van der Waals surface area contributed by atoms with E-state index >= 15 is 0 Å². The van der Waals surface area contributed by atoms with Gasteiger partial charge in [0.15, 0.2) is 0 Å². The summed E-state index contributed by atoms with van der Waals surface area (Å²) in [7, 11) is 4.31. The highest BCUT2D eigenvalue weighted by Gasteiger charge is 2.25. The lowest BCUT2D eigenvalue weighted by molar-refractivity contribution is 0.125. The number of amides is 2. The number of benzene rings is 1. The molecule has 0 radical (unpaired) electrons. The van der Waals surface area contributed by atoms with Crippen molar-refractivity contribution in [2.24, 2.45) is 5.92 Å². The zero-order valence-corrected chi connectivity index (χ0v) is 18.9. The number of nitrogens with zero attached hydrogens (tertiary/aromatic N) is 4. The molecule has 6 heteroatoms. The van der Waals surface area contributed by atoms with Crippen LogP contribution in [0.5, 0.6) is 0 Å². The molecule has 1 saturated carbocycles. The van der Waals surface area contributed by atoms with Gasteiger partial charge in [-0.25, -0.2) is 4.79 Å². The summed E-state index contributed by atoms with van der Waals surface area (Å²) in [6.45, 7) is 7.06. The lowest BCUT2D eigenvalue weighted by Gasteiger charge is -2.37. The summed E-state index contributed by atoms with van der Waals surface area (Å²) < 4.78 is 0. The van der Waals surface area contributed by atoms with Gasteiger partial charge in [-0.1, -0.05) is 19.3 Å². The Kier molecular flexibility index (Phi) is 7.16. The molecule has 0 aromatic heterocycles. The fourth-order valence-corrected chi connectivity index (χ4v) is 5.22. The van der Waals surface area contributed by atoms with Crippen molar-refractivity contribution in [1.29, 1.82) is 0 Å². The van der Waals surface area contributed by atoms with Crippen LogP contribution >= 0.6 is 0 Å². The highest BCUT2D eigenvalue weighted by molar-refractivity contribution is 5.89. The molecule has 2 aliphatic heterocycles. The van der Waals surface area contributed by atoms with Crippen LogP contribution in [0, 0.1) is 5.92 Å². The fraction of sp³-hybridized carbons (Fsp3) is 0.708. The number of nitrogens with one attached hydrogen (secondary N) is 1. The number of carbonyl (C=O) groups excluding carboxylic acids is 1. The summed E-state index contributed by atoms with van der Waals surface area (Å²) in [5, 5.41) is 3.09. The van der Waals surface area contributed by atoms with E-state index in [2.05, 4.69) is 46.2 Å². The van der Waals surface area contributed by atoms with Crippen LogP contribution in [0.3, 0.4) is 0 Å². The van der Waals surface area contributed by atoms with Gasteiger partial charge in [0.25, 0.3) is 0 Å². The van der Waals surface area contributed by atoms with E-state index in [1.807, 2.05) is 17.0 Å². The molecule has 2 heterocycles. The predicted molar refractivity (Wildman–Crippen MR) is 124 cm³/mol. The summed E-state index contributed by atoms with van der Waals surface area (Å²) in [5.74, 6) is 0.876. The molecule has 30 heavy (non-hydrogen) atoms. The molecular formula is C24H39N5O. The second-order valence-corrected chi connectivity index (χ2v) is 9.62. The number of carbonyl (C=O) groups is 1. The minimum Gasteiger partial charge on any atom is -0.370 e. The first-order valence-corrected chi connectivity index (χ1v) is 11.9. The van der Waals surface area contributed by atoms with Crippen molar-refractivity contribution in [3.63, 3.8) is 0 Å². The maximum absolute atomic E-state index is 12.7. The predicted octanol–water partition coefficient (Wildman–Crippen LogP) is 3.56. The number of hydrogen-bond donors (Lipinski definition) is 1. The van der Waals surface area contributed by atoms with Crippen molar-refractivity contribution in [2.75, 3.05) is 70.1 Å². The first-order chi connectivity index (χ1) is 14.6. The zero-order chi connectivity index (χ0) is 20.9. The van der Waals surface area contributed by atoms with Gasteiger partial charge >= 0.3 is 6.03 Å². The van der Waals surface area contributed by atoms with Gasteiger partial charge in [-0.2, -0.15) is 0 Å². The van der Waals surface area contributed by atoms with Crippen LogP contribution in [-0.4, -0.2) is 86.7 Å². The Morgan fingerprint density at radius 1 is 0.967 bits per heavy atom. The minimum atomic E-state index is 0.0360. The summed E-state index contributed by atoms with van der Waals surface area (Å²) >= 11 is 0. The van der Waals surface area contributed by atoms with E-state index in [4.69, 9.17) is 0 Å². The molecule has 166 valence electrons. The molecule has 2 saturated heterocycles. The molecule has 0 unspecified atom stereocenters. The van der Waals surface area contributed by atoms with Crippen LogP contribution in [-0.2, 0) is 0 Å². The van der Waals surface area contributed by atoms with Gasteiger partial charge < -0.3 is 20.0 Å². The Labute approximate surface area is 182 Å². The molecular weight excluding hydrogens is 374 g/mol. The Bertz CT molecular complexity index is 677. The molecule has 2 amide bonds. The van der Waals surface area contributed by atoms with Crippen LogP contribution in [0.25, 0.3) is 0 Å². The van der Waals surface area contributed by atoms with Crippen LogP contribution in [0.4, 0.5) is 16.2 Å². The van der Waals surface area contributed by atoms with Crippen molar-refractivity contribution in [3.8, 4) is 0 Å². The maximum Gasteiger partial charge on any atom is 0.321 e. The van der Waals surface area contributed by atoms with Gasteiger partial charge in [-0.05, 0) is 63.5 Å². The molecule has 1 aromatic carbocycles. The summed E-state index contributed by atoms with van der Waals surface area (Å²) in [6.07, 6.45) is 8.21. The smallest absolute Gasteiger partial charge is 0.321 e. The third-order valence-corrected chi connectivity index (χ3v) is 7.28. The Hall–Kier alpha value is -1.79. The number of likely N-dealkylation sites (N-methyl/N-ethyl adjacent to an activating group) is 1. The van der Waals surface area contributed by atoms with Crippen LogP contribution < -0.4 is 10.2 Å². The van der Waals surface area contributed by atoms with Crippen LogP contribution in [0.2, 0.25) is 0 Å². The largest absolute Gasteiger partial charge is 0.370 e. The number of piperazine rings is 1. The average Bonchev–Trinajstić information content (AvgIpc) is 3.26. The van der Waals surface area contributed by atoms with E-state index < -0.39 is 0 Å². The Balaban J connectivity index is 1.21. The first kappa shape index (κ1) is 21.4. The van der Waals surface area contributed by atoms with Gasteiger partial charge in [-0.15, -0.1) is 0 Å². The molecule has 1 aliphatic carbocycles. The van der Waals surface area contributed by atoms with Crippen molar-refractivity contribution in [1.82, 2.24) is 14.7 Å². The molecule has 6 nitrogen and oxygen atoms in total. The number of hydrogen-bond acceptors (Lipinski definition) is 4. The van der Waals surface area contributed by atoms with E-state index in [0.717, 1.165) is 50.9 Å². The molecule has 3 fully saturated rings. The SMILES string of the molecule is CN(C)[C@@H]1CCN(c2ccc(NC(=O)N3CCN(CC4CCCCC4)CC3)cc2)C1. The van der Waals surface area contributed by atoms with E-state index in [1.165, 1.54) is 50.8 Å². The van der Waals surface area contributed by atoms with Gasteiger partial charge in [0.05, 0.1) is 0 Å².